The number of carbonyl (C=O) groups excluding carboxylic acids is 6. The fourth-order valence-corrected chi connectivity index (χ4v) is 8.52. The van der Waals surface area contributed by atoms with Crippen LogP contribution in [0.1, 0.15) is 98.8 Å². The Morgan fingerprint density at radius 1 is 0.580 bits per heavy atom. The van der Waals surface area contributed by atoms with Gasteiger partial charge in [-0.2, -0.15) is 27.0 Å². The number of allylic oxidation sites excluding steroid dienone is 2. The molecule has 0 saturated carbocycles. The molecule has 0 bridgehead atoms. The number of carbonyl (C=O) groups is 6. The topological polar surface area (TPSA) is 489 Å². The van der Waals surface area contributed by atoms with E-state index in [4.69, 9.17) is 45.5 Å². The van der Waals surface area contributed by atoms with Crippen molar-refractivity contribution in [2.75, 3.05) is 40.1 Å². The first kappa shape index (κ1) is 69.6. The van der Waals surface area contributed by atoms with Gasteiger partial charge in [-0.3, -0.25) is 58.9 Å². The number of amides is 6. The summed E-state index contributed by atoms with van der Waals surface area (Å²) in [4.78, 5) is 101. The number of hydrogen-bond donors (Lipinski definition) is 9. The van der Waals surface area contributed by atoms with Crippen molar-refractivity contribution in [1.82, 2.24) is 48.6 Å². The van der Waals surface area contributed by atoms with Crippen LogP contribution in [0.4, 0.5) is 34.9 Å². The Labute approximate surface area is 531 Å². The SMILES string of the molecule is CCn1nc(C)cc1C(=O)Nc1nc2cc(C(N)=O)cc(C)c2n1C/C=C/CNc1ncc(C(N)=O)cc1N.CCn1nc(C)cc1C(=O)Nc1nc2cc(C(N)=O)cc(C)c2n1C/C=C/CNc1ncc(C(N)=O)cc1[N+](=O)[O-].O=S(=O)=S(=O)=O.[Na][Na]. The molecule has 0 aliphatic rings. The van der Waals surface area contributed by atoms with Gasteiger partial charge >= 0.3 is 67.8 Å². The van der Waals surface area contributed by atoms with E-state index in [1.54, 1.807) is 76.3 Å². The van der Waals surface area contributed by atoms with Crippen molar-refractivity contribution in [1.29, 1.82) is 0 Å². The third kappa shape index (κ3) is 18.0. The number of rotatable bonds is 21. The summed E-state index contributed by atoms with van der Waals surface area (Å²) < 4.78 is 43.2. The average Bonchev–Trinajstić information content (AvgIpc) is 2.12. The number of hydrogen-bond acceptors (Lipinski definition) is 21. The zero-order valence-electron chi connectivity index (χ0n) is 48.8. The molecule has 0 saturated heterocycles. The fraction of sp³-hybridized carbons (Fsp3) is 0.231. The summed E-state index contributed by atoms with van der Waals surface area (Å²) >= 11 is 2.89. The Kier molecular flexibility index (Phi) is 25.3. The molecule has 6 aromatic heterocycles. The molecule has 8 aromatic rings. The van der Waals surface area contributed by atoms with Crippen molar-refractivity contribution in [2.45, 2.75) is 67.7 Å². The molecule has 6 heterocycles. The first-order valence-corrected chi connectivity index (χ1v) is 37.2. The molecule has 0 aliphatic heterocycles. The number of nitrogens with zero attached hydrogens (tertiary/aromatic N) is 11. The summed E-state index contributed by atoms with van der Waals surface area (Å²) in [6, 6.07) is 12.4. The Bertz CT molecular complexity index is 4320. The first-order chi connectivity index (χ1) is 41.7. The number of nitrogen functional groups attached to an aromatic ring is 1. The van der Waals surface area contributed by atoms with Gasteiger partial charge in [-0.25, -0.2) is 19.9 Å². The number of pyridine rings is 2. The second-order valence-electron chi connectivity index (χ2n) is 18.4. The van der Waals surface area contributed by atoms with E-state index in [0.29, 0.717) is 82.8 Å². The summed E-state index contributed by atoms with van der Waals surface area (Å²) in [7, 11) is -5.90. The van der Waals surface area contributed by atoms with Crippen LogP contribution in [0.5, 0.6) is 0 Å². The number of nitrogens with two attached hydrogens (primary N) is 5. The first-order valence-electron chi connectivity index (χ1n) is 26.5. The number of anilines is 5. The van der Waals surface area contributed by atoms with Gasteiger partial charge in [0.25, 0.3) is 17.7 Å². The van der Waals surface area contributed by atoms with Crippen LogP contribution < -0.4 is 49.9 Å². The van der Waals surface area contributed by atoms with Crippen molar-refractivity contribution in [3.05, 3.63) is 151 Å². The molecule has 0 spiro atoms. The summed E-state index contributed by atoms with van der Waals surface area (Å²) in [5, 5.41) is 31.7. The molecule has 32 nitrogen and oxygen atoms in total. The van der Waals surface area contributed by atoms with Gasteiger partial charge in [-0.05, 0) is 95.1 Å². The maximum atomic E-state index is 13.2. The van der Waals surface area contributed by atoms with Gasteiger partial charge in [0.1, 0.15) is 17.2 Å². The maximum absolute atomic E-state index is 13.2. The molecule has 0 radical (unpaired) electrons. The Morgan fingerprint density at radius 2 is 0.966 bits per heavy atom. The van der Waals surface area contributed by atoms with E-state index in [2.05, 4.69) is 51.4 Å². The summed E-state index contributed by atoms with van der Waals surface area (Å²) in [6.45, 7) is 13.3. The van der Waals surface area contributed by atoms with Crippen molar-refractivity contribution in [3.8, 4) is 0 Å². The van der Waals surface area contributed by atoms with Gasteiger partial charge in [0, 0.05) is 68.9 Å². The Morgan fingerprint density at radius 3 is 1.33 bits per heavy atom. The third-order valence-corrected chi connectivity index (χ3v) is 13.2. The molecule has 0 unspecified atom stereocenters. The van der Waals surface area contributed by atoms with E-state index in [-0.39, 0.29) is 53.1 Å². The second kappa shape index (κ2) is 32.0. The number of primary amides is 4. The summed E-state index contributed by atoms with van der Waals surface area (Å²) in [6.07, 6.45) is 9.75. The van der Waals surface area contributed by atoms with Gasteiger partial charge in [0.05, 0.1) is 55.2 Å². The van der Waals surface area contributed by atoms with Crippen molar-refractivity contribution < 1.29 is 50.5 Å². The number of nitro groups is 1. The number of aromatic nitrogens is 10. The summed E-state index contributed by atoms with van der Waals surface area (Å²) in [5.74, 6) is -2.40. The van der Waals surface area contributed by atoms with Gasteiger partial charge in [0.15, 0.2) is 0 Å². The van der Waals surface area contributed by atoms with Crippen molar-refractivity contribution in [3.63, 3.8) is 0 Å². The fourth-order valence-electron chi connectivity index (χ4n) is 8.52. The predicted molar refractivity (Wildman–Crippen MR) is 328 cm³/mol. The molecule has 88 heavy (non-hydrogen) atoms. The zero-order chi connectivity index (χ0) is 65.3. The molecular weight excluding hydrogens is 1210 g/mol. The van der Waals surface area contributed by atoms with Crippen LogP contribution >= 0.6 is 0 Å². The van der Waals surface area contributed by atoms with Crippen LogP contribution in [-0.2, 0) is 44.7 Å². The van der Waals surface area contributed by atoms with Gasteiger partial charge in [-0.1, -0.05) is 24.3 Å². The minimum absolute atomic E-state index is 0.0247. The van der Waals surface area contributed by atoms with E-state index in [0.717, 1.165) is 34.6 Å². The Balaban J connectivity index is 0.000000286. The zero-order valence-corrected chi connectivity index (χ0v) is 54.5. The van der Waals surface area contributed by atoms with Gasteiger partial charge in [0.2, 0.25) is 35.4 Å². The molecular formula is C52H58N20Na2O12S2. The molecule has 36 heteroatoms. The van der Waals surface area contributed by atoms with Gasteiger partial charge < -0.3 is 48.4 Å². The Hall–Kier alpha value is -9.16. The third-order valence-electron chi connectivity index (χ3n) is 12.3. The van der Waals surface area contributed by atoms with Crippen LogP contribution in [0.2, 0.25) is 0 Å². The van der Waals surface area contributed by atoms with E-state index in [1.165, 1.54) is 55.9 Å². The molecule has 0 atom stereocenters. The van der Waals surface area contributed by atoms with Gasteiger partial charge in [-0.15, -0.1) is 0 Å². The monoisotopic (exact) mass is 1260 g/mol. The molecule has 452 valence electrons. The number of aryl methyl sites for hydroxylation is 6. The predicted octanol–water partition coefficient (Wildman–Crippen LogP) is 2.15. The van der Waals surface area contributed by atoms with Crippen LogP contribution in [0.15, 0.2) is 85.2 Å². The molecule has 2 aromatic carbocycles. The molecule has 0 fully saturated rings. The number of nitrogens with one attached hydrogen (secondary N) is 4. The minimum atomic E-state index is -2.95. The van der Waals surface area contributed by atoms with Crippen LogP contribution in [0.25, 0.3) is 22.1 Å². The van der Waals surface area contributed by atoms with E-state index < -0.39 is 53.0 Å². The number of imidazole rings is 2. The molecule has 6 amide bonds. The van der Waals surface area contributed by atoms with Crippen LogP contribution in [0.3, 0.4) is 0 Å². The number of fused-ring (bicyclic) bond motifs is 2. The summed E-state index contributed by atoms with van der Waals surface area (Å²) in [5.41, 5.74) is 34.2. The van der Waals surface area contributed by atoms with E-state index in [1.807, 2.05) is 44.4 Å². The quantitative estimate of drug-likeness (QED) is 0.0215. The normalized spacial score (nSPS) is 10.8. The van der Waals surface area contributed by atoms with Crippen LogP contribution in [-0.4, -0.2) is 163 Å². The van der Waals surface area contributed by atoms with Crippen LogP contribution in [0, 0.1) is 37.8 Å². The standard InChI is InChI=1S/C26H28N10O5.C26H30N10O3.2Na.O4S2/c1-4-35-20(10-15(3)33-35)25(39)32-26-31-18-11-16(22(27)37)9-14(2)21(18)34(26)8-6-5-7-29-24-19(36(40)41)12-17(13-30-24)23(28)38;1-4-36-20(10-15(3)34-36)25(39)33-26-32-19-12-16(22(28)37)9-14(2)21(19)35(26)8-6-5-7-30-24-18(27)11-17(13-31-24)23(29)38;;;1-5(2)6(3)4/h5-6,9-13H,4,7-8H2,1-3H3,(H2,27,37)(H2,28,38)(H,29,30)(H,31,32,39);5-6,9-13H,4,7-8,27H2,1-3H3,(H2,28,37)(H2,29,38)(H,30,31)(H,32,33,39);;;/b2*6-5+;;;. The number of benzene rings is 2. The molecule has 8 rings (SSSR count). The van der Waals surface area contributed by atoms with Crippen molar-refractivity contribution in [2.24, 2.45) is 22.9 Å². The average molecular weight is 1270 g/mol. The molecule has 14 N–H and O–H groups in total. The van der Waals surface area contributed by atoms with E-state index in [9.17, 15) is 38.9 Å². The molecule has 0 aliphatic carbocycles. The second-order valence-corrected chi connectivity index (χ2v) is 20.8. The van der Waals surface area contributed by atoms with Crippen molar-refractivity contribution >= 4 is 155 Å². The van der Waals surface area contributed by atoms with E-state index >= 15 is 0 Å².